The molecule has 2 N–H and O–H groups in total. The van der Waals surface area contributed by atoms with Crippen molar-refractivity contribution in [1.29, 1.82) is 0 Å². The maximum atomic E-state index is 6.18. The molecule has 3 heteroatoms. The van der Waals surface area contributed by atoms with E-state index in [0.717, 1.165) is 32.4 Å². The minimum absolute atomic E-state index is 0.116. The van der Waals surface area contributed by atoms with Gasteiger partial charge in [0.2, 0.25) is 0 Å². The standard InChI is InChI=1S/C16H34N2O/c1-7-8-14-11-16(12-17,9-10-19-14)18(6)13(2)15(3,4)5/h13-14H,7-12,17H2,1-6H3. The predicted molar refractivity (Wildman–Crippen MR) is 82.3 cm³/mol. The van der Waals surface area contributed by atoms with Gasteiger partial charge in [0.25, 0.3) is 0 Å². The van der Waals surface area contributed by atoms with Crippen molar-refractivity contribution in [3.63, 3.8) is 0 Å². The molecular weight excluding hydrogens is 236 g/mol. The van der Waals surface area contributed by atoms with Gasteiger partial charge in [0.15, 0.2) is 0 Å². The number of ether oxygens (including phenoxy) is 1. The highest BCUT2D eigenvalue weighted by atomic mass is 16.5. The van der Waals surface area contributed by atoms with E-state index in [4.69, 9.17) is 10.5 Å². The van der Waals surface area contributed by atoms with E-state index in [1.165, 1.54) is 6.42 Å². The fourth-order valence-electron chi connectivity index (χ4n) is 3.15. The molecule has 0 aromatic heterocycles. The first-order valence-corrected chi connectivity index (χ1v) is 7.81. The largest absolute Gasteiger partial charge is 0.378 e. The lowest BCUT2D eigenvalue weighted by atomic mass is 9.79. The Morgan fingerprint density at radius 3 is 2.53 bits per heavy atom. The minimum Gasteiger partial charge on any atom is -0.378 e. The van der Waals surface area contributed by atoms with Crippen LogP contribution in [0.5, 0.6) is 0 Å². The fraction of sp³-hybridized carbons (Fsp3) is 1.00. The van der Waals surface area contributed by atoms with Gasteiger partial charge in [0.05, 0.1) is 6.10 Å². The maximum absolute atomic E-state index is 6.18. The fourth-order valence-corrected chi connectivity index (χ4v) is 3.15. The van der Waals surface area contributed by atoms with E-state index in [1.807, 2.05) is 0 Å². The van der Waals surface area contributed by atoms with Crippen LogP contribution in [0.3, 0.4) is 0 Å². The molecule has 1 aliphatic rings. The van der Waals surface area contributed by atoms with E-state index < -0.39 is 0 Å². The molecule has 3 atom stereocenters. The molecule has 0 radical (unpaired) electrons. The Bertz CT molecular complexity index is 272. The quantitative estimate of drug-likeness (QED) is 0.834. The summed E-state index contributed by atoms with van der Waals surface area (Å²) in [7, 11) is 2.25. The first-order chi connectivity index (χ1) is 8.77. The molecule has 0 aromatic carbocycles. The molecule has 1 aliphatic heterocycles. The molecule has 1 fully saturated rings. The Morgan fingerprint density at radius 2 is 2.05 bits per heavy atom. The average molecular weight is 270 g/mol. The summed E-state index contributed by atoms with van der Waals surface area (Å²) in [5, 5.41) is 0. The van der Waals surface area contributed by atoms with Crippen LogP contribution in [0.1, 0.15) is 60.3 Å². The second-order valence-electron chi connectivity index (χ2n) is 7.32. The molecule has 0 spiro atoms. The van der Waals surface area contributed by atoms with Crippen molar-refractivity contribution in [2.24, 2.45) is 11.1 Å². The smallest absolute Gasteiger partial charge is 0.0593 e. The molecule has 0 amide bonds. The van der Waals surface area contributed by atoms with Gasteiger partial charge in [-0.15, -0.1) is 0 Å². The van der Waals surface area contributed by atoms with E-state index in [0.29, 0.717) is 12.1 Å². The van der Waals surface area contributed by atoms with Crippen molar-refractivity contribution in [3.05, 3.63) is 0 Å². The third-order valence-electron chi connectivity index (χ3n) is 5.10. The molecule has 0 aromatic rings. The Morgan fingerprint density at radius 1 is 1.42 bits per heavy atom. The van der Waals surface area contributed by atoms with Crippen LogP contribution in [0.25, 0.3) is 0 Å². The molecule has 0 aliphatic carbocycles. The van der Waals surface area contributed by atoms with Crippen LogP contribution < -0.4 is 5.73 Å². The maximum Gasteiger partial charge on any atom is 0.0593 e. The van der Waals surface area contributed by atoms with Gasteiger partial charge in [0, 0.05) is 24.7 Å². The second kappa shape index (κ2) is 6.55. The van der Waals surface area contributed by atoms with Crippen molar-refractivity contribution < 1.29 is 4.74 Å². The van der Waals surface area contributed by atoms with Crippen molar-refractivity contribution in [1.82, 2.24) is 4.90 Å². The Hall–Kier alpha value is -0.120. The average Bonchev–Trinajstić information content (AvgIpc) is 2.36. The number of likely N-dealkylation sites (N-methyl/N-ethyl adjacent to an activating group) is 1. The molecule has 3 unspecified atom stereocenters. The molecule has 114 valence electrons. The number of hydrogen-bond acceptors (Lipinski definition) is 3. The van der Waals surface area contributed by atoms with E-state index in [-0.39, 0.29) is 11.0 Å². The summed E-state index contributed by atoms with van der Waals surface area (Å²) in [4.78, 5) is 2.53. The van der Waals surface area contributed by atoms with E-state index >= 15 is 0 Å². The first kappa shape index (κ1) is 16.9. The molecule has 19 heavy (non-hydrogen) atoms. The monoisotopic (exact) mass is 270 g/mol. The van der Waals surface area contributed by atoms with Crippen LogP contribution in [0.15, 0.2) is 0 Å². The van der Waals surface area contributed by atoms with Crippen LogP contribution in [0.2, 0.25) is 0 Å². The van der Waals surface area contributed by atoms with Gasteiger partial charge in [-0.25, -0.2) is 0 Å². The zero-order chi connectivity index (χ0) is 14.7. The topological polar surface area (TPSA) is 38.5 Å². The van der Waals surface area contributed by atoms with E-state index in [9.17, 15) is 0 Å². The lowest BCUT2D eigenvalue weighted by Crippen LogP contribution is -2.61. The highest BCUT2D eigenvalue weighted by Gasteiger charge is 2.42. The summed E-state index contributed by atoms with van der Waals surface area (Å²) < 4.78 is 5.91. The Balaban J connectivity index is 2.84. The van der Waals surface area contributed by atoms with Gasteiger partial charge in [-0.1, -0.05) is 34.1 Å². The molecule has 0 saturated carbocycles. The van der Waals surface area contributed by atoms with Crippen molar-refractivity contribution in [2.45, 2.75) is 78.0 Å². The molecule has 0 bridgehead atoms. The van der Waals surface area contributed by atoms with Crippen LogP contribution in [0, 0.1) is 5.41 Å². The van der Waals surface area contributed by atoms with Crippen LogP contribution >= 0.6 is 0 Å². The van der Waals surface area contributed by atoms with Gasteiger partial charge in [-0.2, -0.15) is 0 Å². The normalized spacial score (nSPS) is 30.6. The molecule has 1 rings (SSSR count). The summed E-state index contributed by atoms with van der Waals surface area (Å²) in [5.74, 6) is 0. The molecule has 3 nitrogen and oxygen atoms in total. The SMILES string of the molecule is CCCC1CC(CN)(N(C)C(C)C(C)(C)C)CCO1. The molecule has 1 saturated heterocycles. The summed E-state index contributed by atoms with van der Waals surface area (Å²) >= 11 is 0. The Kier molecular flexibility index (Phi) is 5.84. The van der Waals surface area contributed by atoms with E-state index in [2.05, 4.69) is 46.6 Å². The van der Waals surface area contributed by atoms with Crippen molar-refractivity contribution in [2.75, 3.05) is 20.2 Å². The minimum atomic E-state index is 0.116. The van der Waals surface area contributed by atoms with Gasteiger partial charge in [-0.05, 0) is 38.6 Å². The number of nitrogens with two attached hydrogens (primary N) is 1. The third kappa shape index (κ3) is 3.93. The van der Waals surface area contributed by atoms with Gasteiger partial charge >= 0.3 is 0 Å². The van der Waals surface area contributed by atoms with Crippen LogP contribution in [-0.4, -0.2) is 42.8 Å². The van der Waals surface area contributed by atoms with Gasteiger partial charge in [0.1, 0.15) is 0 Å². The van der Waals surface area contributed by atoms with Gasteiger partial charge < -0.3 is 10.5 Å². The zero-order valence-corrected chi connectivity index (χ0v) is 13.8. The molecule has 1 heterocycles. The number of nitrogens with zero attached hydrogens (tertiary/aromatic N) is 1. The highest BCUT2D eigenvalue weighted by molar-refractivity contribution is 4.98. The van der Waals surface area contributed by atoms with E-state index in [1.54, 1.807) is 0 Å². The summed E-state index contributed by atoms with van der Waals surface area (Å²) in [6, 6.07) is 0.511. The van der Waals surface area contributed by atoms with Crippen molar-refractivity contribution >= 4 is 0 Å². The lowest BCUT2D eigenvalue weighted by molar-refractivity contribution is -0.0872. The first-order valence-electron chi connectivity index (χ1n) is 7.81. The predicted octanol–water partition coefficient (Wildman–Crippen LogP) is 3.03. The summed E-state index contributed by atoms with van der Waals surface area (Å²) in [6.07, 6.45) is 4.86. The molecular formula is C16H34N2O. The highest BCUT2D eigenvalue weighted by Crippen LogP contribution is 2.36. The van der Waals surface area contributed by atoms with Crippen LogP contribution in [-0.2, 0) is 4.74 Å². The third-order valence-corrected chi connectivity index (χ3v) is 5.10. The number of rotatable bonds is 5. The van der Waals surface area contributed by atoms with Gasteiger partial charge in [-0.3, -0.25) is 4.90 Å². The Labute approximate surface area is 119 Å². The lowest BCUT2D eigenvalue weighted by Gasteiger charge is -2.51. The zero-order valence-electron chi connectivity index (χ0n) is 13.8. The summed E-state index contributed by atoms with van der Waals surface area (Å²) in [5.41, 5.74) is 6.57. The second-order valence-corrected chi connectivity index (χ2v) is 7.32. The summed E-state index contributed by atoms with van der Waals surface area (Å²) in [6.45, 7) is 13.0. The number of hydrogen-bond donors (Lipinski definition) is 1. The van der Waals surface area contributed by atoms with Crippen LogP contribution in [0.4, 0.5) is 0 Å². The van der Waals surface area contributed by atoms with Crippen molar-refractivity contribution in [3.8, 4) is 0 Å².